The molecule has 1 amide bonds. The maximum absolute atomic E-state index is 13.2. The van der Waals surface area contributed by atoms with E-state index in [4.69, 9.17) is 14.2 Å². The van der Waals surface area contributed by atoms with Crippen molar-refractivity contribution in [3.8, 4) is 11.5 Å². The quantitative estimate of drug-likeness (QED) is 0.159. The van der Waals surface area contributed by atoms with Gasteiger partial charge in [-0.3, -0.25) is 9.59 Å². The van der Waals surface area contributed by atoms with E-state index in [0.717, 1.165) is 11.1 Å². The van der Waals surface area contributed by atoms with Gasteiger partial charge in [0.15, 0.2) is 0 Å². The Morgan fingerprint density at radius 2 is 1.63 bits per heavy atom. The number of carbonyl (C=O) groups excluding carboxylic acids is 2. The minimum absolute atomic E-state index is 0.0602. The van der Waals surface area contributed by atoms with E-state index >= 15 is 0 Å². The average molecular weight is 516 g/mol. The highest BCUT2D eigenvalue weighted by Crippen LogP contribution is 2.40. The molecule has 0 spiro atoms. The van der Waals surface area contributed by atoms with Crippen molar-refractivity contribution in [2.45, 2.75) is 32.9 Å². The van der Waals surface area contributed by atoms with E-state index < -0.39 is 17.7 Å². The first-order chi connectivity index (χ1) is 18.4. The molecular weight excluding hydrogens is 482 g/mol. The Morgan fingerprint density at radius 3 is 2.29 bits per heavy atom. The van der Waals surface area contributed by atoms with Crippen LogP contribution in [-0.4, -0.2) is 48.6 Å². The molecule has 7 nitrogen and oxygen atoms in total. The largest absolute Gasteiger partial charge is 0.507 e. The fourth-order valence-corrected chi connectivity index (χ4v) is 4.58. The molecule has 1 saturated heterocycles. The van der Waals surface area contributed by atoms with Crippen LogP contribution in [0.1, 0.15) is 41.6 Å². The molecule has 3 aromatic rings. The number of aliphatic hydroxyl groups excluding tert-OH is 1. The summed E-state index contributed by atoms with van der Waals surface area (Å²) in [6.07, 6.45) is 0.560. The smallest absolute Gasteiger partial charge is 0.295 e. The number of rotatable bonds is 11. The highest BCUT2D eigenvalue weighted by atomic mass is 16.5. The van der Waals surface area contributed by atoms with Gasteiger partial charge >= 0.3 is 0 Å². The van der Waals surface area contributed by atoms with Gasteiger partial charge in [0.05, 0.1) is 18.2 Å². The van der Waals surface area contributed by atoms with E-state index in [2.05, 4.69) is 6.07 Å². The van der Waals surface area contributed by atoms with Crippen molar-refractivity contribution in [2.75, 3.05) is 26.9 Å². The van der Waals surface area contributed by atoms with Crippen molar-refractivity contribution in [1.29, 1.82) is 0 Å². The van der Waals surface area contributed by atoms with E-state index in [9.17, 15) is 14.7 Å². The van der Waals surface area contributed by atoms with Crippen molar-refractivity contribution in [2.24, 2.45) is 0 Å². The van der Waals surface area contributed by atoms with Crippen LogP contribution >= 0.6 is 0 Å². The van der Waals surface area contributed by atoms with E-state index in [1.54, 1.807) is 43.5 Å². The monoisotopic (exact) mass is 515 g/mol. The van der Waals surface area contributed by atoms with Crippen LogP contribution in [0.25, 0.3) is 5.76 Å². The van der Waals surface area contributed by atoms with Gasteiger partial charge in [-0.05, 0) is 67.8 Å². The highest BCUT2D eigenvalue weighted by molar-refractivity contribution is 6.46. The topological polar surface area (TPSA) is 85.3 Å². The van der Waals surface area contributed by atoms with Crippen LogP contribution in [0.3, 0.4) is 0 Å². The fourth-order valence-electron chi connectivity index (χ4n) is 4.58. The molecular formula is C31H33NO6. The zero-order chi connectivity index (χ0) is 27.1. The number of hydrogen-bond donors (Lipinski definition) is 1. The lowest BCUT2D eigenvalue weighted by Gasteiger charge is -2.25. The lowest BCUT2D eigenvalue weighted by molar-refractivity contribution is -0.140. The first kappa shape index (κ1) is 26.9. The molecule has 198 valence electrons. The number of Topliss-reactive ketones (excluding diaryl/α,β-unsaturated/α-hetero) is 1. The highest BCUT2D eigenvalue weighted by Gasteiger charge is 2.45. The summed E-state index contributed by atoms with van der Waals surface area (Å²) in [6.45, 7) is 5.64. The van der Waals surface area contributed by atoms with Crippen LogP contribution in [0.15, 0.2) is 78.4 Å². The molecule has 0 saturated carbocycles. The molecule has 1 N–H and O–H groups in total. The molecule has 38 heavy (non-hydrogen) atoms. The normalized spacial score (nSPS) is 16.6. The first-order valence-electron chi connectivity index (χ1n) is 12.7. The number of amides is 1. The van der Waals surface area contributed by atoms with Crippen LogP contribution in [0.2, 0.25) is 0 Å². The first-order valence-corrected chi connectivity index (χ1v) is 12.7. The summed E-state index contributed by atoms with van der Waals surface area (Å²) in [5, 5.41) is 11.3. The van der Waals surface area contributed by atoms with E-state index in [0.29, 0.717) is 55.4 Å². The number of aryl methyl sites for hydroxylation is 1. The number of methoxy groups -OCH3 is 1. The van der Waals surface area contributed by atoms with E-state index in [1.807, 2.05) is 44.2 Å². The van der Waals surface area contributed by atoms with E-state index in [1.165, 1.54) is 4.90 Å². The Balaban J connectivity index is 1.63. The molecule has 3 aromatic carbocycles. The van der Waals surface area contributed by atoms with Gasteiger partial charge in [-0.15, -0.1) is 0 Å². The fraction of sp³-hybridized carbons (Fsp3) is 0.290. The van der Waals surface area contributed by atoms with Crippen LogP contribution < -0.4 is 9.47 Å². The lowest BCUT2D eigenvalue weighted by Crippen LogP contribution is -2.31. The van der Waals surface area contributed by atoms with Gasteiger partial charge in [0.25, 0.3) is 11.7 Å². The molecule has 0 bridgehead atoms. The van der Waals surface area contributed by atoms with Crippen molar-refractivity contribution in [3.05, 3.63) is 101 Å². The third-order valence-corrected chi connectivity index (χ3v) is 6.41. The number of ketones is 1. The Kier molecular flexibility index (Phi) is 8.81. The van der Waals surface area contributed by atoms with Crippen molar-refractivity contribution >= 4 is 17.4 Å². The third-order valence-electron chi connectivity index (χ3n) is 6.41. The molecule has 7 heteroatoms. The van der Waals surface area contributed by atoms with Crippen molar-refractivity contribution in [1.82, 2.24) is 4.90 Å². The summed E-state index contributed by atoms with van der Waals surface area (Å²) in [4.78, 5) is 27.7. The Bertz CT molecular complexity index is 1300. The molecule has 0 aliphatic carbocycles. The average Bonchev–Trinajstić information content (AvgIpc) is 3.18. The second-order valence-corrected chi connectivity index (χ2v) is 9.14. The molecule has 0 aromatic heterocycles. The number of aliphatic hydroxyl groups is 1. The molecule has 0 unspecified atom stereocenters. The number of likely N-dealkylation sites (tertiary alicyclic amines) is 1. The van der Waals surface area contributed by atoms with Gasteiger partial charge in [0.1, 0.15) is 23.9 Å². The molecule has 1 heterocycles. The van der Waals surface area contributed by atoms with Gasteiger partial charge in [0.2, 0.25) is 0 Å². The van der Waals surface area contributed by atoms with Crippen molar-refractivity contribution < 1.29 is 28.9 Å². The van der Waals surface area contributed by atoms with Gasteiger partial charge < -0.3 is 24.2 Å². The summed E-state index contributed by atoms with van der Waals surface area (Å²) in [5.74, 6) is -0.250. The number of carbonyl (C=O) groups is 2. The Labute approximate surface area is 223 Å². The van der Waals surface area contributed by atoms with E-state index in [-0.39, 0.29) is 11.3 Å². The SMILES string of the molecule is CCOc1ccc([C@H]2C(=C(O)c3ccc(OCc4cccc(C)c4)cc3)C(=O)C(=O)N2CCCOC)cc1. The maximum atomic E-state index is 13.2. The summed E-state index contributed by atoms with van der Waals surface area (Å²) >= 11 is 0. The molecule has 0 radical (unpaired) electrons. The summed E-state index contributed by atoms with van der Waals surface area (Å²) in [5.41, 5.74) is 3.42. The maximum Gasteiger partial charge on any atom is 0.295 e. The van der Waals surface area contributed by atoms with Crippen LogP contribution in [0.4, 0.5) is 0 Å². The third kappa shape index (κ3) is 6.06. The predicted octanol–water partition coefficient (Wildman–Crippen LogP) is 5.43. The minimum Gasteiger partial charge on any atom is -0.507 e. The van der Waals surface area contributed by atoms with Gasteiger partial charge in [-0.2, -0.15) is 0 Å². The zero-order valence-corrected chi connectivity index (χ0v) is 22.0. The summed E-state index contributed by atoms with van der Waals surface area (Å²) < 4.78 is 16.6. The molecule has 1 aliphatic heterocycles. The standard InChI is InChI=1S/C31H33NO6/c1-4-37-25-13-9-23(10-14-25)28-27(30(34)31(35)32(28)17-6-18-36-3)29(33)24-11-15-26(16-12-24)38-20-22-8-5-7-21(2)19-22/h5,7-16,19,28,33H,4,6,17-18,20H2,1-3H3/t28-/m0/s1. The summed E-state index contributed by atoms with van der Waals surface area (Å²) in [7, 11) is 1.59. The Morgan fingerprint density at radius 1 is 0.947 bits per heavy atom. The van der Waals surface area contributed by atoms with Crippen molar-refractivity contribution in [3.63, 3.8) is 0 Å². The number of hydrogen-bond acceptors (Lipinski definition) is 6. The molecule has 1 aliphatic rings. The van der Waals surface area contributed by atoms with Crippen LogP contribution in [-0.2, 0) is 20.9 Å². The van der Waals surface area contributed by atoms with Gasteiger partial charge in [0, 0.05) is 25.8 Å². The van der Waals surface area contributed by atoms with Gasteiger partial charge in [-0.1, -0.05) is 42.0 Å². The number of nitrogens with zero attached hydrogens (tertiary/aromatic N) is 1. The summed E-state index contributed by atoms with van der Waals surface area (Å²) in [6, 6.07) is 21.5. The Hall–Kier alpha value is -4.10. The van der Waals surface area contributed by atoms with Gasteiger partial charge in [-0.25, -0.2) is 0 Å². The molecule has 1 fully saturated rings. The lowest BCUT2D eigenvalue weighted by atomic mass is 9.95. The number of benzene rings is 3. The second-order valence-electron chi connectivity index (χ2n) is 9.14. The molecule has 1 atom stereocenters. The zero-order valence-electron chi connectivity index (χ0n) is 22.0. The number of ether oxygens (including phenoxy) is 3. The molecule has 4 rings (SSSR count). The van der Waals surface area contributed by atoms with Crippen LogP contribution in [0, 0.1) is 6.92 Å². The van der Waals surface area contributed by atoms with Crippen LogP contribution in [0.5, 0.6) is 11.5 Å². The predicted molar refractivity (Wildman–Crippen MR) is 145 cm³/mol. The minimum atomic E-state index is -0.722. The second kappa shape index (κ2) is 12.4.